The second kappa shape index (κ2) is 15.2. The van der Waals surface area contributed by atoms with E-state index in [1.165, 1.54) is 7.11 Å². The van der Waals surface area contributed by atoms with Crippen LogP contribution in [0.4, 0.5) is 25.0 Å². The zero-order valence-corrected chi connectivity index (χ0v) is 26.8. The van der Waals surface area contributed by atoms with Crippen molar-refractivity contribution in [2.45, 2.75) is 45.2 Å². The number of rotatable bonds is 13. The first kappa shape index (κ1) is 34.4. The monoisotopic (exact) mass is 659 g/mol. The highest BCUT2D eigenvalue weighted by Crippen LogP contribution is 2.32. The number of ether oxygens (including phenoxy) is 2. The molecule has 1 heterocycles. The predicted octanol–water partition coefficient (Wildman–Crippen LogP) is 5.53. The Morgan fingerprint density at radius 3 is 2.28 bits per heavy atom. The van der Waals surface area contributed by atoms with Gasteiger partial charge < -0.3 is 25.4 Å². The summed E-state index contributed by atoms with van der Waals surface area (Å²) in [4.78, 5) is 28.8. The maximum atomic E-state index is 14.4. The lowest BCUT2D eigenvalue weighted by Gasteiger charge is -2.38. The van der Waals surface area contributed by atoms with E-state index in [1.54, 1.807) is 23.1 Å². The number of carbonyl (C=O) groups is 2. The summed E-state index contributed by atoms with van der Waals surface area (Å²) in [5, 5.41) is 2.51. The number of sulfonamides is 1. The zero-order chi connectivity index (χ0) is 33.4. The quantitative estimate of drug-likeness (QED) is 0.219. The number of carbonyl (C=O) groups excluding carboxylic acids is 2. The molecule has 0 saturated carbocycles. The lowest BCUT2D eigenvalue weighted by Crippen LogP contribution is -2.49. The third-order valence-electron chi connectivity index (χ3n) is 7.61. The number of hydrogen-bond donors (Lipinski definition) is 3. The number of methoxy groups -OCH3 is 1. The fourth-order valence-electron chi connectivity index (χ4n) is 5.26. The topological polar surface area (TPSA) is 143 Å². The van der Waals surface area contributed by atoms with Gasteiger partial charge in [0.15, 0.2) is 0 Å². The van der Waals surface area contributed by atoms with E-state index in [9.17, 15) is 26.8 Å². The third kappa shape index (κ3) is 9.30. The minimum Gasteiger partial charge on any atom is -0.494 e. The van der Waals surface area contributed by atoms with Crippen molar-refractivity contribution in [3.63, 3.8) is 0 Å². The molecule has 3 aromatic rings. The first-order valence-electron chi connectivity index (χ1n) is 14.9. The smallest absolute Gasteiger partial charge is 0.322 e. The number of piperidine rings is 1. The standard InChI is InChI=1S/C32H39F2N5O6S/c1-4-5-14-39(32(41)36-29-18-25(31(35)40)26(33)19-27(29)34)22-12-15-38(16-13-22)20-21-6-8-23(9-7-21)45-24-10-11-28(30(17-24)44-2)37-46(3,42)43/h6-11,17-19,22,37H,4-5,12-16,20H2,1-3H3,(H2,35,40)(H,36,41). The summed E-state index contributed by atoms with van der Waals surface area (Å²) >= 11 is 0. The number of nitrogens with zero attached hydrogens (tertiary/aromatic N) is 2. The normalized spacial score (nSPS) is 14.0. The molecule has 4 N–H and O–H groups in total. The van der Waals surface area contributed by atoms with Crippen LogP contribution >= 0.6 is 0 Å². The van der Waals surface area contributed by atoms with Crippen LogP contribution in [0, 0.1) is 11.6 Å². The molecule has 1 fully saturated rings. The third-order valence-corrected chi connectivity index (χ3v) is 8.20. The molecule has 46 heavy (non-hydrogen) atoms. The fraction of sp³-hybridized carbons (Fsp3) is 0.375. The Kier molecular flexibility index (Phi) is 11.4. The largest absolute Gasteiger partial charge is 0.494 e. The number of likely N-dealkylation sites (tertiary alicyclic amines) is 1. The lowest BCUT2D eigenvalue weighted by molar-refractivity contribution is 0.0996. The summed E-state index contributed by atoms with van der Waals surface area (Å²) in [7, 11) is -2.02. The van der Waals surface area contributed by atoms with Gasteiger partial charge in [-0.15, -0.1) is 0 Å². The van der Waals surface area contributed by atoms with Gasteiger partial charge in [-0.2, -0.15) is 0 Å². The average Bonchev–Trinajstić information content (AvgIpc) is 3.00. The lowest BCUT2D eigenvalue weighted by atomic mass is 10.0. The predicted molar refractivity (Wildman–Crippen MR) is 172 cm³/mol. The average molecular weight is 660 g/mol. The number of unbranched alkanes of at least 4 members (excludes halogenated alkanes) is 1. The highest BCUT2D eigenvalue weighted by atomic mass is 32.2. The number of urea groups is 1. The van der Waals surface area contributed by atoms with Crippen molar-refractivity contribution in [3.05, 3.63) is 77.4 Å². The van der Waals surface area contributed by atoms with Crippen LogP contribution in [0.1, 0.15) is 48.5 Å². The minimum atomic E-state index is -3.46. The summed E-state index contributed by atoms with van der Waals surface area (Å²) in [5.41, 5.74) is 5.78. The maximum Gasteiger partial charge on any atom is 0.322 e. The number of primary amides is 1. The Hall–Kier alpha value is -4.43. The van der Waals surface area contributed by atoms with Gasteiger partial charge in [0.05, 0.1) is 30.3 Å². The highest BCUT2D eigenvalue weighted by Gasteiger charge is 2.28. The van der Waals surface area contributed by atoms with Crippen LogP contribution in [0.3, 0.4) is 0 Å². The highest BCUT2D eigenvalue weighted by molar-refractivity contribution is 7.92. The molecule has 248 valence electrons. The van der Waals surface area contributed by atoms with Gasteiger partial charge in [-0.3, -0.25) is 14.4 Å². The summed E-state index contributed by atoms with van der Waals surface area (Å²) in [6.45, 7) is 4.67. The van der Waals surface area contributed by atoms with Gasteiger partial charge >= 0.3 is 6.03 Å². The number of nitrogens with two attached hydrogens (primary N) is 1. The second-order valence-corrected chi connectivity index (χ2v) is 12.9. The number of benzene rings is 3. The van der Waals surface area contributed by atoms with E-state index in [2.05, 4.69) is 14.9 Å². The van der Waals surface area contributed by atoms with E-state index in [4.69, 9.17) is 15.2 Å². The van der Waals surface area contributed by atoms with Crippen molar-refractivity contribution in [2.75, 3.05) is 43.0 Å². The number of hydrogen-bond acceptors (Lipinski definition) is 7. The maximum absolute atomic E-state index is 14.4. The molecule has 14 heteroatoms. The molecule has 0 aliphatic carbocycles. The van der Waals surface area contributed by atoms with Crippen LogP contribution in [0.5, 0.6) is 17.2 Å². The SMILES string of the molecule is CCCCN(C(=O)Nc1cc(C(N)=O)c(F)cc1F)C1CCN(Cc2ccc(Oc3ccc(NS(C)(=O)=O)c(OC)c3)cc2)CC1. The van der Waals surface area contributed by atoms with E-state index in [-0.39, 0.29) is 11.7 Å². The molecule has 4 rings (SSSR count). The molecule has 3 amide bonds. The summed E-state index contributed by atoms with van der Waals surface area (Å²) in [6.07, 6.45) is 4.10. The Bertz CT molecular complexity index is 1650. The van der Waals surface area contributed by atoms with Gasteiger partial charge in [0.1, 0.15) is 28.9 Å². The molecule has 0 aromatic heterocycles. The molecule has 0 atom stereocenters. The Balaban J connectivity index is 1.34. The summed E-state index contributed by atoms with van der Waals surface area (Å²) in [6, 6.07) is 13.3. The van der Waals surface area contributed by atoms with E-state index in [0.29, 0.717) is 54.9 Å². The molecule has 0 unspecified atom stereocenters. The van der Waals surface area contributed by atoms with Crippen LogP contribution < -0.4 is 25.2 Å². The number of nitrogens with one attached hydrogen (secondary N) is 2. The molecule has 11 nitrogen and oxygen atoms in total. The van der Waals surface area contributed by atoms with Gasteiger partial charge in [0, 0.05) is 44.4 Å². The van der Waals surface area contributed by atoms with Gasteiger partial charge in [-0.1, -0.05) is 25.5 Å². The molecule has 3 aromatic carbocycles. The van der Waals surface area contributed by atoms with Gasteiger partial charge in [0.2, 0.25) is 10.0 Å². The molecule has 1 aliphatic heterocycles. The van der Waals surface area contributed by atoms with E-state index in [0.717, 1.165) is 43.8 Å². The summed E-state index contributed by atoms with van der Waals surface area (Å²) in [5.74, 6) is -1.71. The molecule has 1 saturated heterocycles. The van der Waals surface area contributed by atoms with Gasteiger partial charge in [-0.05, 0) is 55.2 Å². The van der Waals surface area contributed by atoms with E-state index >= 15 is 0 Å². The second-order valence-electron chi connectivity index (χ2n) is 11.1. The molecule has 0 radical (unpaired) electrons. The first-order valence-corrected chi connectivity index (χ1v) is 16.8. The van der Waals surface area contributed by atoms with Gasteiger partial charge in [-0.25, -0.2) is 22.0 Å². The van der Waals surface area contributed by atoms with Crippen LogP contribution in [0.2, 0.25) is 0 Å². The summed E-state index contributed by atoms with van der Waals surface area (Å²) < 4.78 is 65.2. The Labute approximate surface area is 267 Å². The molecular weight excluding hydrogens is 620 g/mol. The van der Waals surface area contributed by atoms with Crippen molar-refractivity contribution in [2.24, 2.45) is 5.73 Å². The van der Waals surface area contributed by atoms with Gasteiger partial charge in [0.25, 0.3) is 5.91 Å². The van der Waals surface area contributed by atoms with Crippen LogP contribution in [0.15, 0.2) is 54.6 Å². The minimum absolute atomic E-state index is 0.0753. The van der Waals surface area contributed by atoms with Crippen molar-refractivity contribution >= 4 is 33.3 Å². The van der Waals surface area contributed by atoms with Crippen molar-refractivity contribution in [1.82, 2.24) is 9.80 Å². The number of anilines is 2. The van der Waals surface area contributed by atoms with Crippen LogP contribution in [0.25, 0.3) is 0 Å². The molecule has 0 spiro atoms. The van der Waals surface area contributed by atoms with Crippen molar-refractivity contribution in [1.29, 1.82) is 0 Å². The molecule has 0 bridgehead atoms. The Morgan fingerprint density at radius 2 is 1.67 bits per heavy atom. The number of amides is 3. The fourth-order valence-corrected chi connectivity index (χ4v) is 5.83. The van der Waals surface area contributed by atoms with Crippen LogP contribution in [-0.4, -0.2) is 69.2 Å². The zero-order valence-electron chi connectivity index (χ0n) is 26.0. The van der Waals surface area contributed by atoms with Crippen molar-refractivity contribution < 1.29 is 36.3 Å². The molecule has 1 aliphatic rings. The van der Waals surface area contributed by atoms with Crippen LogP contribution in [-0.2, 0) is 16.6 Å². The molecular formula is C32H39F2N5O6S. The first-order chi connectivity index (χ1) is 21.9. The van der Waals surface area contributed by atoms with Crippen molar-refractivity contribution in [3.8, 4) is 17.2 Å². The van der Waals surface area contributed by atoms with E-state index < -0.39 is 39.2 Å². The van der Waals surface area contributed by atoms with E-state index in [1.807, 2.05) is 31.2 Å². The number of halogens is 2. The Morgan fingerprint density at radius 1 is 1.00 bits per heavy atom.